The van der Waals surface area contributed by atoms with Gasteiger partial charge >= 0.3 is 7.82 Å². The molecule has 2 aliphatic carbocycles. The number of piperidine rings is 1. The van der Waals surface area contributed by atoms with Crippen LogP contribution in [-0.4, -0.2) is 94.5 Å². The van der Waals surface area contributed by atoms with Gasteiger partial charge in [0.05, 0.1) is 18.6 Å². The molecule has 0 aromatic carbocycles. The highest BCUT2D eigenvalue weighted by molar-refractivity contribution is 8.22. The molecule has 0 spiro atoms. The summed E-state index contributed by atoms with van der Waals surface area (Å²) in [6.45, 7) is 0.395. The standard InChI is InChI=1S/C19H22N3O9PS2/c1-21-4-22(6-34-19(21)33)5-29-32(26)30-15-10(23)2-9-8-3-11-16(28-7-27-11)14(24)12(8)18(25)20-13(9)17(15)31-32/h2-3,8,10,12-13,15-17,23H,4-7H2,1H3,(H,20,25)/t8?,10-,12?,13+,15+,16?,17-,32?/m0/s1. The number of thioether (sulfide) groups is 1. The minimum Gasteiger partial charge on any atom is -0.469 e. The average molecular weight is 532 g/mol. The van der Waals surface area contributed by atoms with Crippen LogP contribution in [0.4, 0.5) is 0 Å². The summed E-state index contributed by atoms with van der Waals surface area (Å²) in [4.78, 5) is 29.5. The Morgan fingerprint density at radius 3 is 2.91 bits per heavy atom. The molecule has 2 N–H and O–H groups in total. The van der Waals surface area contributed by atoms with Crippen molar-refractivity contribution in [3.63, 3.8) is 0 Å². The van der Waals surface area contributed by atoms with Gasteiger partial charge in [-0.05, 0) is 11.6 Å². The van der Waals surface area contributed by atoms with E-state index in [0.29, 0.717) is 23.9 Å². The molecule has 4 saturated heterocycles. The molecule has 8 atom stereocenters. The second kappa shape index (κ2) is 8.36. The van der Waals surface area contributed by atoms with E-state index in [2.05, 4.69) is 5.32 Å². The van der Waals surface area contributed by atoms with E-state index in [9.17, 15) is 19.3 Å². The van der Waals surface area contributed by atoms with Gasteiger partial charge in [-0.1, -0.05) is 30.1 Å². The number of phosphoric acid groups is 1. The fourth-order valence-corrected chi connectivity index (χ4v) is 7.59. The summed E-state index contributed by atoms with van der Waals surface area (Å²) in [5.41, 5.74) is 0.577. The van der Waals surface area contributed by atoms with Crippen molar-refractivity contribution in [2.45, 2.75) is 30.5 Å². The minimum atomic E-state index is -4.04. The van der Waals surface area contributed by atoms with Crippen LogP contribution < -0.4 is 5.32 Å². The highest BCUT2D eigenvalue weighted by atomic mass is 32.2. The van der Waals surface area contributed by atoms with Gasteiger partial charge < -0.3 is 24.8 Å². The number of hydrogen-bond acceptors (Lipinski definition) is 12. The number of carbonyl (C=O) groups is 2. The Kier molecular flexibility index (Phi) is 5.67. The van der Waals surface area contributed by atoms with Crippen LogP contribution in [0, 0.1) is 11.8 Å². The number of thiocarbonyl (C=S) groups is 1. The van der Waals surface area contributed by atoms with Gasteiger partial charge in [-0.2, -0.15) is 0 Å². The van der Waals surface area contributed by atoms with Gasteiger partial charge in [0, 0.05) is 13.0 Å². The van der Waals surface area contributed by atoms with Gasteiger partial charge in [0.25, 0.3) is 0 Å². The molecule has 0 radical (unpaired) electrons. The zero-order valence-electron chi connectivity index (χ0n) is 17.9. The van der Waals surface area contributed by atoms with Crippen molar-refractivity contribution >= 4 is 47.8 Å². The summed E-state index contributed by atoms with van der Waals surface area (Å²) >= 11 is 6.68. The molecule has 34 heavy (non-hydrogen) atoms. The SMILES string of the molecule is CN1CN(COP2(=O)O[C@@H]3[C@H](O2)[C@@H](O)C=C2C4C=C5OCOC5C(=O)C4C(=O)N[C@H]23)CSC1=S. The number of aliphatic hydroxyl groups excluding tert-OH is 1. The second-order valence-corrected chi connectivity index (χ2v) is 12.0. The third kappa shape index (κ3) is 3.67. The highest BCUT2D eigenvalue weighted by Crippen LogP contribution is 2.60. The van der Waals surface area contributed by atoms with Gasteiger partial charge in [-0.3, -0.25) is 28.1 Å². The van der Waals surface area contributed by atoms with E-state index >= 15 is 0 Å². The van der Waals surface area contributed by atoms with Crippen molar-refractivity contribution in [3.05, 3.63) is 23.5 Å². The smallest absolute Gasteiger partial charge is 0.469 e. The van der Waals surface area contributed by atoms with Crippen LogP contribution in [0.5, 0.6) is 0 Å². The number of aliphatic hydroxyl groups is 1. The van der Waals surface area contributed by atoms with Crippen molar-refractivity contribution < 1.29 is 42.3 Å². The van der Waals surface area contributed by atoms with E-state index in [4.69, 9.17) is 35.3 Å². The van der Waals surface area contributed by atoms with Gasteiger partial charge in [-0.15, -0.1) is 0 Å². The topological polar surface area (TPSA) is 136 Å². The number of allylic oxidation sites excluding steroid dienone is 1. The van der Waals surface area contributed by atoms with Crippen LogP contribution >= 0.6 is 31.8 Å². The van der Waals surface area contributed by atoms with E-state index in [1.165, 1.54) is 17.8 Å². The zero-order valence-corrected chi connectivity index (χ0v) is 20.4. The van der Waals surface area contributed by atoms with Crippen molar-refractivity contribution in [1.29, 1.82) is 0 Å². The zero-order chi connectivity index (χ0) is 23.8. The summed E-state index contributed by atoms with van der Waals surface area (Å²) in [6, 6.07) is -0.751. The van der Waals surface area contributed by atoms with Crippen LogP contribution in [0.15, 0.2) is 23.5 Å². The van der Waals surface area contributed by atoms with Crippen LogP contribution in [0.2, 0.25) is 0 Å². The molecule has 4 heterocycles. The molecule has 4 unspecified atom stereocenters. The number of Topliss-reactive ketones (excluding diaryl/α,β-unsaturated/α-hetero) is 1. The lowest BCUT2D eigenvalue weighted by molar-refractivity contribution is -0.143. The molecule has 1 amide bonds. The molecular weight excluding hydrogens is 509 g/mol. The second-order valence-electron chi connectivity index (χ2n) is 8.82. The fraction of sp³-hybridized carbons (Fsp3) is 0.632. The summed E-state index contributed by atoms with van der Waals surface area (Å²) < 4.78 is 41.6. The molecule has 15 heteroatoms. The first-order valence-electron chi connectivity index (χ1n) is 10.7. The van der Waals surface area contributed by atoms with Crippen molar-refractivity contribution in [1.82, 2.24) is 15.1 Å². The lowest BCUT2D eigenvalue weighted by Gasteiger charge is -2.44. The van der Waals surface area contributed by atoms with E-state index in [1.54, 1.807) is 6.08 Å². The highest BCUT2D eigenvalue weighted by Gasteiger charge is 2.60. The summed E-state index contributed by atoms with van der Waals surface area (Å²) in [7, 11) is -2.19. The molecule has 6 rings (SSSR count). The number of nitrogens with zero attached hydrogens (tertiary/aromatic N) is 2. The Morgan fingerprint density at radius 2 is 2.12 bits per heavy atom. The van der Waals surface area contributed by atoms with E-state index in [1.807, 2.05) is 16.8 Å². The Bertz CT molecular complexity index is 1070. The third-order valence-corrected chi connectivity index (χ3v) is 9.81. The number of rotatable bonds is 3. The number of carbonyl (C=O) groups excluding carboxylic acids is 2. The molecule has 0 aromatic rings. The monoisotopic (exact) mass is 531 g/mol. The minimum absolute atomic E-state index is 0.0336. The lowest BCUT2D eigenvalue weighted by atomic mass is 9.68. The molecule has 12 nitrogen and oxygen atoms in total. The fourth-order valence-electron chi connectivity index (χ4n) is 5.09. The molecule has 0 aromatic heterocycles. The number of hydrogen-bond donors (Lipinski definition) is 2. The predicted octanol–water partition coefficient (Wildman–Crippen LogP) is -0.0957. The Balaban J connectivity index is 1.21. The van der Waals surface area contributed by atoms with Crippen molar-refractivity contribution in [2.75, 3.05) is 33.1 Å². The Morgan fingerprint density at radius 1 is 1.32 bits per heavy atom. The van der Waals surface area contributed by atoms with E-state index in [0.717, 1.165) is 4.32 Å². The van der Waals surface area contributed by atoms with Crippen LogP contribution in [0.25, 0.3) is 0 Å². The largest absolute Gasteiger partial charge is 0.476 e. The average Bonchev–Trinajstić information content (AvgIpc) is 3.41. The predicted molar refractivity (Wildman–Crippen MR) is 120 cm³/mol. The number of ketones is 1. The lowest BCUT2D eigenvalue weighted by Crippen LogP contribution is -2.63. The Labute approximate surface area is 204 Å². The quantitative estimate of drug-likeness (QED) is 0.217. The summed E-state index contributed by atoms with van der Waals surface area (Å²) in [6.07, 6.45) is -0.815. The maximum atomic E-state index is 13.3. The number of amides is 1. The van der Waals surface area contributed by atoms with Crippen LogP contribution in [0.3, 0.4) is 0 Å². The normalized spacial score (nSPS) is 43.8. The Hall–Kier alpha value is -1.35. The van der Waals surface area contributed by atoms with Crippen LogP contribution in [-0.2, 0) is 37.2 Å². The van der Waals surface area contributed by atoms with Gasteiger partial charge in [-0.25, -0.2) is 4.57 Å². The maximum Gasteiger partial charge on any atom is 0.476 e. The van der Waals surface area contributed by atoms with E-state index in [-0.39, 0.29) is 13.5 Å². The van der Waals surface area contributed by atoms with Gasteiger partial charge in [0.2, 0.25) is 5.91 Å². The summed E-state index contributed by atoms with van der Waals surface area (Å²) in [5.74, 6) is -1.61. The number of fused-ring (bicyclic) bond motifs is 6. The number of phosphoric ester groups is 1. The molecular formula is C19H22N3O9PS2. The third-order valence-electron chi connectivity index (χ3n) is 6.66. The maximum absolute atomic E-state index is 13.3. The van der Waals surface area contributed by atoms with Gasteiger partial charge in [0.1, 0.15) is 41.0 Å². The van der Waals surface area contributed by atoms with E-state index < -0.39 is 61.8 Å². The molecule has 4 aliphatic heterocycles. The first-order valence-corrected chi connectivity index (χ1v) is 13.5. The molecule has 184 valence electrons. The summed E-state index contributed by atoms with van der Waals surface area (Å²) in [5, 5.41) is 13.6. The molecule has 6 aliphatic rings. The number of ether oxygens (including phenoxy) is 2. The molecule has 0 saturated carbocycles. The first kappa shape index (κ1) is 23.1. The first-order chi connectivity index (χ1) is 16.2. The molecule has 0 bridgehead atoms. The van der Waals surface area contributed by atoms with Gasteiger partial charge in [0.15, 0.2) is 18.7 Å². The molecule has 4 fully saturated rings. The van der Waals surface area contributed by atoms with Crippen molar-refractivity contribution in [2.24, 2.45) is 11.8 Å². The number of nitrogens with one attached hydrogen (secondary N) is 1. The van der Waals surface area contributed by atoms with Crippen LogP contribution in [0.1, 0.15) is 0 Å². The van der Waals surface area contributed by atoms with Crippen molar-refractivity contribution in [3.8, 4) is 0 Å².